The van der Waals surface area contributed by atoms with E-state index < -0.39 is 0 Å². The molecule has 1 saturated carbocycles. The maximum atomic E-state index is 6.30. The van der Waals surface area contributed by atoms with E-state index in [0.29, 0.717) is 5.38 Å². The van der Waals surface area contributed by atoms with Crippen LogP contribution in [0, 0.1) is 5.92 Å². The Kier molecular flexibility index (Phi) is 4.00. The van der Waals surface area contributed by atoms with Crippen molar-refractivity contribution in [3.05, 3.63) is 11.6 Å². The van der Waals surface area contributed by atoms with E-state index >= 15 is 0 Å². The van der Waals surface area contributed by atoms with Crippen LogP contribution in [0.4, 0.5) is 0 Å². The fourth-order valence-electron chi connectivity index (χ4n) is 4.13. The molecular weight excluding hydrogens is 244 g/mol. The van der Waals surface area contributed by atoms with Gasteiger partial charge in [-0.3, -0.25) is 0 Å². The lowest BCUT2D eigenvalue weighted by Crippen LogP contribution is -2.42. The average molecular weight is 269 g/mol. The van der Waals surface area contributed by atoms with Crippen LogP contribution in [0.2, 0.25) is 0 Å². The van der Waals surface area contributed by atoms with Crippen molar-refractivity contribution < 1.29 is 4.74 Å². The van der Waals surface area contributed by atoms with Gasteiger partial charge in [-0.1, -0.05) is 30.9 Å². The van der Waals surface area contributed by atoms with Crippen molar-refractivity contribution in [1.29, 1.82) is 0 Å². The minimum Gasteiger partial charge on any atom is -0.375 e. The van der Waals surface area contributed by atoms with Crippen molar-refractivity contribution in [3.8, 4) is 0 Å². The Hall–Kier alpha value is -0.0100. The van der Waals surface area contributed by atoms with Gasteiger partial charge in [0.15, 0.2) is 0 Å². The fourth-order valence-corrected chi connectivity index (χ4v) is 4.45. The fraction of sp³-hybridized carbons (Fsp3) is 0.875. The molecule has 0 aromatic carbocycles. The van der Waals surface area contributed by atoms with Gasteiger partial charge in [0.25, 0.3) is 0 Å². The van der Waals surface area contributed by atoms with Crippen LogP contribution < -0.4 is 0 Å². The van der Waals surface area contributed by atoms with E-state index in [-0.39, 0.29) is 5.60 Å². The van der Waals surface area contributed by atoms with Crippen molar-refractivity contribution in [3.63, 3.8) is 0 Å². The Morgan fingerprint density at radius 2 is 1.94 bits per heavy atom. The van der Waals surface area contributed by atoms with Crippen molar-refractivity contribution >= 4 is 11.6 Å². The zero-order valence-electron chi connectivity index (χ0n) is 11.3. The quantitative estimate of drug-likeness (QED) is 0.489. The van der Waals surface area contributed by atoms with Gasteiger partial charge >= 0.3 is 0 Å². The molecule has 1 nitrogen and oxygen atoms in total. The second-order valence-corrected chi connectivity index (χ2v) is 6.99. The maximum Gasteiger partial charge on any atom is 0.0688 e. The third-order valence-corrected chi connectivity index (χ3v) is 5.47. The Labute approximate surface area is 116 Å². The first-order chi connectivity index (χ1) is 8.77. The maximum absolute atomic E-state index is 6.30. The van der Waals surface area contributed by atoms with Gasteiger partial charge in [0, 0.05) is 6.61 Å². The Morgan fingerprint density at radius 1 is 1.11 bits per heavy atom. The monoisotopic (exact) mass is 268 g/mol. The van der Waals surface area contributed by atoms with E-state index in [4.69, 9.17) is 16.3 Å². The standard InChI is InChI=1S/C16H25ClO/c17-15-6-4-5-13(11-15)14-7-10-18-16(12-14)8-2-1-3-9-16/h11,14-15H,1-10,12H2. The topological polar surface area (TPSA) is 9.23 Å². The van der Waals surface area contributed by atoms with Crippen molar-refractivity contribution in [2.24, 2.45) is 5.92 Å². The van der Waals surface area contributed by atoms with Gasteiger partial charge in [-0.05, 0) is 50.9 Å². The summed E-state index contributed by atoms with van der Waals surface area (Å²) in [5, 5.41) is 0.291. The van der Waals surface area contributed by atoms with Gasteiger partial charge in [-0.15, -0.1) is 11.6 Å². The highest BCUT2D eigenvalue weighted by molar-refractivity contribution is 6.21. The summed E-state index contributed by atoms with van der Waals surface area (Å²) in [6, 6.07) is 0. The summed E-state index contributed by atoms with van der Waals surface area (Å²) in [6.45, 7) is 0.967. The lowest BCUT2D eigenvalue weighted by Gasteiger charge is -2.44. The molecule has 0 amide bonds. The van der Waals surface area contributed by atoms with E-state index in [1.807, 2.05) is 0 Å². The number of hydrogen-bond donors (Lipinski definition) is 0. The number of hydrogen-bond acceptors (Lipinski definition) is 1. The van der Waals surface area contributed by atoms with Crippen molar-refractivity contribution in [1.82, 2.24) is 0 Å². The molecule has 2 fully saturated rings. The van der Waals surface area contributed by atoms with Crippen LogP contribution in [-0.2, 0) is 4.74 Å². The molecule has 1 saturated heterocycles. The number of allylic oxidation sites excluding steroid dienone is 2. The van der Waals surface area contributed by atoms with E-state index in [1.54, 1.807) is 5.57 Å². The zero-order valence-corrected chi connectivity index (χ0v) is 12.1. The van der Waals surface area contributed by atoms with Crippen LogP contribution in [-0.4, -0.2) is 17.6 Å². The molecule has 1 heterocycles. The molecule has 2 unspecified atom stereocenters. The molecule has 1 spiro atoms. The number of alkyl halides is 1. The molecular formula is C16H25ClO. The lowest BCUT2D eigenvalue weighted by molar-refractivity contribution is -0.112. The largest absolute Gasteiger partial charge is 0.375 e. The first-order valence-electron chi connectivity index (χ1n) is 7.76. The number of halogens is 1. The molecule has 0 aromatic heterocycles. The molecule has 1 aliphatic heterocycles. The highest BCUT2D eigenvalue weighted by Gasteiger charge is 2.39. The van der Waals surface area contributed by atoms with Gasteiger partial charge in [0.1, 0.15) is 0 Å². The minimum atomic E-state index is 0.237. The summed E-state index contributed by atoms with van der Waals surface area (Å²) < 4.78 is 6.19. The minimum absolute atomic E-state index is 0.237. The van der Waals surface area contributed by atoms with Crippen LogP contribution in [0.15, 0.2) is 11.6 Å². The zero-order chi connectivity index (χ0) is 12.4. The molecule has 2 aliphatic carbocycles. The van der Waals surface area contributed by atoms with E-state index in [2.05, 4.69) is 6.08 Å². The van der Waals surface area contributed by atoms with Crippen molar-refractivity contribution in [2.45, 2.75) is 75.2 Å². The normalized spacial score (nSPS) is 36.4. The van der Waals surface area contributed by atoms with E-state index in [0.717, 1.165) is 12.5 Å². The molecule has 2 atom stereocenters. The molecule has 18 heavy (non-hydrogen) atoms. The molecule has 2 heteroatoms. The van der Waals surface area contributed by atoms with Crippen LogP contribution in [0.5, 0.6) is 0 Å². The SMILES string of the molecule is ClC1C=C(C2CCOC3(CCCCC3)C2)CCC1. The molecule has 0 bridgehead atoms. The molecule has 3 rings (SSSR count). The van der Waals surface area contributed by atoms with Gasteiger partial charge in [-0.25, -0.2) is 0 Å². The predicted molar refractivity (Wildman–Crippen MR) is 76.1 cm³/mol. The number of ether oxygens (including phenoxy) is 1. The summed E-state index contributed by atoms with van der Waals surface area (Å²) in [5.41, 5.74) is 1.89. The van der Waals surface area contributed by atoms with Crippen LogP contribution in [0.25, 0.3) is 0 Å². The summed E-state index contributed by atoms with van der Waals surface area (Å²) >= 11 is 6.30. The van der Waals surface area contributed by atoms with Gasteiger partial charge in [0.2, 0.25) is 0 Å². The third kappa shape index (κ3) is 2.77. The van der Waals surface area contributed by atoms with Gasteiger partial charge < -0.3 is 4.74 Å². The summed E-state index contributed by atoms with van der Waals surface area (Å²) in [4.78, 5) is 0. The van der Waals surface area contributed by atoms with E-state index in [1.165, 1.54) is 64.2 Å². The third-order valence-electron chi connectivity index (χ3n) is 5.12. The first kappa shape index (κ1) is 13.0. The molecule has 0 N–H and O–H groups in total. The predicted octanol–water partition coefficient (Wildman–Crippen LogP) is 4.83. The summed E-state index contributed by atoms with van der Waals surface area (Å²) in [7, 11) is 0. The molecule has 3 aliphatic rings. The van der Waals surface area contributed by atoms with Crippen LogP contribution >= 0.6 is 11.6 Å². The second kappa shape index (κ2) is 5.54. The molecule has 102 valence electrons. The van der Waals surface area contributed by atoms with Gasteiger partial charge in [-0.2, -0.15) is 0 Å². The highest BCUT2D eigenvalue weighted by Crippen LogP contribution is 2.44. The highest BCUT2D eigenvalue weighted by atomic mass is 35.5. The lowest BCUT2D eigenvalue weighted by atomic mass is 9.72. The Morgan fingerprint density at radius 3 is 2.72 bits per heavy atom. The second-order valence-electron chi connectivity index (χ2n) is 6.43. The average Bonchev–Trinajstić information content (AvgIpc) is 2.40. The first-order valence-corrected chi connectivity index (χ1v) is 8.20. The van der Waals surface area contributed by atoms with Crippen molar-refractivity contribution in [2.75, 3.05) is 6.61 Å². The van der Waals surface area contributed by atoms with E-state index in [9.17, 15) is 0 Å². The molecule has 0 aromatic rings. The number of rotatable bonds is 1. The Balaban J connectivity index is 1.69. The molecule has 0 radical (unpaired) electrons. The smallest absolute Gasteiger partial charge is 0.0688 e. The van der Waals surface area contributed by atoms with Crippen LogP contribution in [0.3, 0.4) is 0 Å². The summed E-state index contributed by atoms with van der Waals surface area (Å²) in [6.07, 6.45) is 15.3. The summed E-state index contributed by atoms with van der Waals surface area (Å²) in [5.74, 6) is 0.762. The Bertz CT molecular complexity index is 312. The van der Waals surface area contributed by atoms with Crippen LogP contribution in [0.1, 0.15) is 64.2 Å². The van der Waals surface area contributed by atoms with Gasteiger partial charge in [0.05, 0.1) is 11.0 Å².